The number of esters is 3. The molecule has 0 aliphatic heterocycles. The van der Waals surface area contributed by atoms with Crippen LogP contribution in [0.4, 0.5) is 0 Å². The van der Waals surface area contributed by atoms with Gasteiger partial charge in [0.15, 0.2) is 6.10 Å². The SMILES string of the molecule is CC/C=C\C/C=C\C/C=C\C/C=C\CCCCC(=O)O[C@H](COC(=O)CCCCCC/C=C\C/C=C\C/C=C\CCCCC)COC(=O)CCCCCCCCCCCCC/C=C\CCCCCCCC. The molecule has 0 heterocycles. The van der Waals surface area contributed by atoms with Crippen LogP contribution in [0.15, 0.2) is 97.2 Å². The first-order valence-electron chi connectivity index (χ1n) is 29.7. The normalized spacial score (nSPS) is 12.8. The molecule has 6 nitrogen and oxygen atoms in total. The van der Waals surface area contributed by atoms with Gasteiger partial charge in [-0.25, -0.2) is 0 Å². The zero-order valence-electron chi connectivity index (χ0n) is 46.5. The number of carbonyl (C=O) groups is 3. The van der Waals surface area contributed by atoms with E-state index in [0.29, 0.717) is 19.3 Å². The Morgan fingerprint density at radius 3 is 0.930 bits per heavy atom. The Kier molecular flexibility index (Phi) is 55.9. The number of hydrogen-bond donors (Lipinski definition) is 0. The van der Waals surface area contributed by atoms with E-state index >= 15 is 0 Å². The summed E-state index contributed by atoms with van der Waals surface area (Å²) in [4.78, 5) is 38.2. The minimum absolute atomic E-state index is 0.102. The van der Waals surface area contributed by atoms with Gasteiger partial charge in [-0.3, -0.25) is 14.4 Å². The lowest BCUT2D eigenvalue weighted by atomic mass is 10.0. The number of rotatable bonds is 53. The molecule has 0 spiro atoms. The van der Waals surface area contributed by atoms with Gasteiger partial charge in [0.2, 0.25) is 0 Å². The summed E-state index contributed by atoms with van der Waals surface area (Å²) in [5, 5.41) is 0. The first-order valence-corrected chi connectivity index (χ1v) is 29.7. The minimum Gasteiger partial charge on any atom is -0.462 e. The van der Waals surface area contributed by atoms with Crippen molar-refractivity contribution in [2.24, 2.45) is 0 Å². The maximum Gasteiger partial charge on any atom is 0.306 e. The van der Waals surface area contributed by atoms with Crippen LogP contribution in [0, 0.1) is 0 Å². The van der Waals surface area contributed by atoms with Crippen molar-refractivity contribution in [3.05, 3.63) is 97.2 Å². The van der Waals surface area contributed by atoms with Crippen LogP contribution < -0.4 is 0 Å². The molecular formula is C65H110O6. The Morgan fingerprint density at radius 2 is 0.549 bits per heavy atom. The van der Waals surface area contributed by atoms with Crippen molar-refractivity contribution in [3.63, 3.8) is 0 Å². The molecule has 0 aliphatic rings. The Hall–Kier alpha value is -3.67. The molecule has 0 N–H and O–H groups in total. The maximum atomic E-state index is 12.8. The number of carbonyl (C=O) groups excluding carboxylic acids is 3. The molecule has 0 aromatic carbocycles. The van der Waals surface area contributed by atoms with E-state index in [9.17, 15) is 14.4 Å². The van der Waals surface area contributed by atoms with Gasteiger partial charge in [0, 0.05) is 19.3 Å². The maximum absolute atomic E-state index is 12.8. The van der Waals surface area contributed by atoms with E-state index in [1.54, 1.807) is 0 Å². The lowest BCUT2D eigenvalue weighted by Crippen LogP contribution is -2.30. The largest absolute Gasteiger partial charge is 0.462 e. The van der Waals surface area contributed by atoms with Crippen molar-refractivity contribution in [3.8, 4) is 0 Å². The smallest absolute Gasteiger partial charge is 0.306 e. The van der Waals surface area contributed by atoms with Gasteiger partial charge in [-0.05, 0) is 122 Å². The van der Waals surface area contributed by atoms with E-state index in [-0.39, 0.29) is 37.5 Å². The number of unbranched alkanes of at least 4 members (excludes halogenated alkanes) is 26. The summed E-state index contributed by atoms with van der Waals surface area (Å²) < 4.78 is 16.8. The molecule has 0 aromatic rings. The Labute approximate surface area is 438 Å². The summed E-state index contributed by atoms with van der Waals surface area (Å²) in [5.74, 6) is -0.963. The van der Waals surface area contributed by atoms with Crippen LogP contribution in [0.2, 0.25) is 0 Å². The van der Waals surface area contributed by atoms with Crippen molar-refractivity contribution in [1.29, 1.82) is 0 Å². The van der Waals surface area contributed by atoms with Gasteiger partial charge in [-0.15, -0.1) is 0 Å². The molecule has 0 amide bonds. The molecule has 0 saturated carbocycles. The van der Waals surface area contributed by atoms with E-state index in [4.69, 9.17) is 14.2 Å². The van der Waals surface area contributed by atoms with Gasteiger partial charge in [-0.2, -0.15) is 0 Å². The zero-order valence-corrected chi connectivity index (χ0v) is 46.5. The second-order valence-electron chi connectivity index (χ2n) is 19.5. The van der Waals surface area contributed by atoms with Crippen LogP contribution in [0.3, 0.4) is 0 Å². The quantitative estimate of drug-likeness (QED) is 0.0261. The first kappa shape index (κ1) is 67.3. The molecule has 71 heavy (non-hydrogen) atoms. The highest BCUT2D eigenvalue weighted by Gasteiger charge is 2.19. The summed E-state index contributed by atoms with van der Waals surface area (Å²) >= 11 is 0. The molecular weight excluding hydrogens is 877 g/mol. The monoisotopic (exact) mass is 987 g/mol. The molecule has 0 radical (unpaired) electrons. The van der Waals surface area contributed by atoms with E-state index in [1.165, 1.54) is 128 Å². The molecule has 0 fully saturated rings. The highest BCUT2D eigenvalue weighted by molar-refractivity contribution is 5.71. The van der Waals surface area contributed by atoms with E-state index in [0.717, 1.165) is 103 Å². The predicted octanol–water partition coefficient (Wildman–Crippen LogP) is 20.1. The fourth-order valence-corrected chi connectivity index (χ4v) is 8.08. The van der Waals surface area contributed by atoms with Crippen molar-refractivity contribution < 1.29 is 28.6 Å². The van der Waals surface area contributed by atoms with Gasteiger partial charge < -0.3 is 14.2 Å². The molecule has 406 valence electrons. The number of allylic oxidation sites excluding steroid dienone is 16. The third kappa shape index (κ3) is 57.1. The molecule has 0 saturated heterocycles. The van der Waals surface area contributed by atoms with Crippen LogP contribution in [-0.2, 0) is 28.6 Å². The molecule has 0 unspecified atom stereocenters. The summed E-state index contributed by atoms with van der Waals surface area (Å²) in [6, 6.07) is 0. The topological polar surface area (TPSA) is 78.9 Å². The average molecular weight is 988 g/mol. The van der Waals surface area contributed by atoms with Crippen LogP contribution in [0.5, 0.6) is 0 Å². The third-order valence-electron chi connectivity index (χ3n) is 12.5. The van der Waals surface area contributed by atoms with E-state index in [2.05, 4.69) is 118 Å². The molecule has 6 heteroatoms. The van der Waals surface area contributed by atoms with E-state index in [1.807, 2.05) is 0 Å². The number of hydrogen-bond acceptors (Lipinski definition) is 6. The minimum atomic E-state index is -0.810. The molecule has 0 aliphatic carbocycles. The lowest BCUT2D eigenvalue weighted by molar-refractivity contribution is -0.167. The number of ether oxygens (including phenoxy) is 3. The van der Waals surface area contributed by atoms with Crippen LogP contribution in [0.25, 0.3) is 0 Å². The van der Waals surface area contributed by atoms with Gasteiger partial charge in [-0.1, -0.05) is 234 Å². The van der Waals surface area contributed by atoms with Crippen molar-refractivity contribution in [2.45, 2.75) is 284 Å². The van der Waals surface area contributed by atoms with Gasteiger partial charge >= 0.3 is 17.9 Å². The highest BCUT2D eigenvalue weighted by atomic mass is 16.6. The molecule has 0 bridgehead atoms. The van der Waals surface area contributed by atoms with Crippen molar-refractivity contribution >= 4 is 17.9 Å². The second-order valence-corrected chi connectivity index (χ2v) is 19.5. The van der Waals surface area contributed by atoms with Crippen LogP contribution in [-0.4, -0.2) is 37.2 Å². The zero-order chi connectivity index (χ0) is 51.4. The van der Waals surface area contributed by atoms with E-state index < -0.39 is 6.10 Å². The van der Waals surface area contributed by atoms with Gasteiger partial charge in [0.1, 0.15) is 13.2 Å². The second kappa shape index (κ2) is 58.9. The Morgan fingerprint density at radius 1 is 0.296 bits per heavy atom. The van der Waals surface area contributed by atoms with Crippen molar-refractivity contribution in [2.75, 3.05) is 13.2 Å². The Balaban J connectivity index is 4.43. The summed E-state index contributed by atoms with van der Waals surface area (Å²) in [7, 11) is 0. The van der Waals surface area contributed by atoms with Crippen LogP contribution >= 0.6 is 0 Å². The van der Waals surface area contributed by atoms with Crippen molar-refractivity contribution in [1.82, 2.24) is 0 Å². The third-order valence-corrected chi connectivity index (χ3v) is 12.5. The lowest BCUT2D eigenvalue weighted by Gasteiger charge is -2.18. The summed E-state index contributed by atoms with van der Waals surface area (Å²) in [6.07, 6.45) is 78.3. The fraction of sp³-hybridized carbons (Fsp3) is 0.708. The predicted molar refractivity (Wildman–Crippen MR) is 307 cm³/mol. The Bertz CT molecular complexity index is 1410. The first-order chi connectivity index (χ1) is 35.0. The summed E-state index contributed by atoms with van der Waals surface area (Å²) in [6.45, 7) is 6.45. The standard InChI is InChI=1S/C65H110O6/c1-4-7-10-13-16-19-22-25-28-30-31-32-33-35-38-40-43-46-49-52-55-58-64(67)70-61-62(71-65(68)59-56-53-50-47-44-41-36-27-24-21-18-15-12-9-6-3)60-69-63(66)57-54-51-48-45-42-39-37-34-29-26-23-20-17-14-11-8-5-2/h9,12,17-18,20-21,25-29,36-37,39,44,47,62H,4-8,10-11,13-16,19,22-24,30-35,38,40-43,45-46,48-61H2,1-3H3/b12-9-,20-17-,21-18-,28-25-,29-26-,36-27-,39-37-,47-44-/t62-/m1/s1. The molecule has 0 aromatic heterocycles. The molecule has 1 atom stereocenters. The average Bonchev–Trinajstić information content (AvgIpc) is 3.37. The molecule has 0 rings (SSSR count). The highest BCUT2D eigenvalue weighted by Crippen LogP contribution is 2.15. The fourth-order valence-electron chi connectivity index (χ4n) is 8.08. The summed E-state index contributed by atoms with van der Waals surface area (Å²) in [5.41, 5.74) is 0. The van der Waals surface area contributed by atoms with Gasteiger partial charge in [0.25, 0.3) is 0 Å². The van der Waals surface area contributed by atoms with Gasteiger partial charge in [0.05, 0.1) is 0 Å². The van der Waals surface area contributed by atoms with Crippen LogP contribution in [0.1, 0.15) is 278 Å².